The number of phenolic OH excluding ortho intramolecular Hbond substituents is 1. The minimum atomic E-state index is -1.22. The molecular weight excluding hydrogens is 796 g/mol. The predicted octanol–water partition coefficient (Wildman–Crippen LogP) is 1.72. The molecule has 1 aliphatic carbocycles. The summed E-state index contributed by atoms with van der Waals surface area (Å²) in [5.74, 6) is -1.99. The first-order valence-electron chi connectivity index (χ1n) is 20.6. The number of carbonyl (C=O) groups excluding carboxylic acids is 6. The lowest BCUT2D eigenvalue weighted by atomic mass is 9.96. The lowest BCUT2D eigenvalue weighted by molar-refractivity contribution is -0.136. The van der Waals surface area contributed by atoms with Gasteiger partial charge in [0, 0.05) is 19.1 Å². The highest BCUT2D eigenvalue weighted by molar-refractivity contribution is 6.32. The van der Waals surface area contributed by atoms with E-state index >= 15 is 0 Å². The average molecular weight is 857 g/mol. The van der Waals surface area contributed by atoms with E-state index in [4.69, 9.17) is 22.5 Å². The fraction of sp³-hybridized carbons (Fsp3) is 0.595. The second kappa shape index (κ2) is 24.8. The van der Waals surface area contributed by atoms with E-state index in [1.165, 1.54) is 18.2 Å². The molecule has 1 saturated carbocycles. The molecule has 1 aromatic carbocycles. The van der Waals surface area contributed by atoms with E-state index in [9.17, 15) is 39.0 Å². The number of benzene rings is 1. The molecule has 330 valence electrons. The third-order valence-electron chi connectivity index (χ3n) is 10.6. The normalized spacial score (nSPS) is 15.3. The average Bonchev–Trinajstić information content (AvgIpc) is 3.98. The fourth-order valence-electron chi connectivity index (χ4n) is 6.54. The van der Waals surface area contributed by atoms with Crippen LogP contribution in [0, 0.1) is 31.1 Å². The SMILES string of the molecule is C#CCNC(=O)[C@H](CCO)NC(=O)[C@H](CCCCN(CC)CC)NC(=O)[C@H](NC(=O)[C@@H](NC(=O)[C@H](Cc1ccc(O)c(Cl)c1)NC(=O)c1cc(C)on1)C1CC1)[C@@H](C)CC. The van der Waals surface area contributed by atoms with Crippen molar-refractivity contribution in [1.82, 2.24) is 42.0 Å². The van der Waals surface area contributed by atoms with Crippen molar-refractivity contribution >= 4 is 47.0 Å². The van der Waals surface area contributed by atoms with Gasteiger partial charge in [0.15, 0.2) is 5.69 Å². The first kappa shape index (κ1) is 49.2. The van der Waals surface area contributed by atoms with Gasteiger partial charge in [0.05, 0.1) is 11.6 Å². The zero-order valence-corrected chi connectivity index (χ0v) is 35.9. The second-order valence-corrected chi connectivity index (χ2v) is 15.5. The van der Waals surface area contributed by atoms with Gasteiger partial charge in [0.25, 0.3) is 5.91 Å². The highest BCUT2D eigenvalue weighted by Gasteiger charge is 2.41. The number of aryl methyl sites for hydroxylation is 1. The fourth-order valence-corrected chi connectivity index (χ4v) is 6.74. The zero-order valence-electron chi connectivity index (χ0n) is 35.1. The van der Waals surface area contributed by atoms with Crippen molar-refractivity contribution in [3.63, 3.8) is 0 Å². The van der Waals surface area contributed by atoms with Crippen molar-refractivity contribution in [1.29, 1.82) is 0 Å². The highest BCUT2D eigenvalue weighted by Crippen LogP contribution is 2.33. The Morgan fingerprint density at radius 2 is 1.57 bits per heavy atom. The van der Waals surface area contributed by atoms with Crippen LogP contribution in [0.15, 0.2) is 28.8 Å². The number of amides is 6. The topological polar surface area (TPSA) is 244 Å². The molecule has 1 heterocycles. The van der Waals surface area contributed by atoms with E-state index in [2.05, 4.69) is 61.7 Å². The van der Waals surface area contributed by atoms with Crippen LogP contribution in [0.2, 0.25) is 5.02 Å². The molecule has 0 bridgehead atoms. The summed E-state index contributed by atoms with van der Waals surface area (Å²) in [4.78, 5) is 84.1. The lowest BCUT2D eigenvalue weighted by Gasteiger charge is -2.29. The van der Waals surface area contributed by atoms with Crippen LogP contribution in [-0.2, 0) is 30.4 Å². The molecule has 60 heavy (non-hydrogen) atoms. The summed E-state index contributed by atoms with van der Waals surface area (Å²) in [6, 6.07) is 0.163. The van der Waals surface area contributed by atoms with Crippen LogP contribution < -0.4 is 31.9 Å². The molecule has 6 atom stereocenters. The molecule has 2 aromatic rings. The molecule has 0 spiro atoms. The van der Waals surface area contributed by atoms with Crippen molar-refractivity contribution in [2.75, 3.05) is 32.8 Å². The lowest BCUT2D eigenvalue weighted by Crippen LogP contribution is -2.61. The first-order chi connectivity index (χ1) is 28.6. The van der Waals surface area contributed by atoms with Gasteiger partial charge in [-0.15, -0.1) is 6.42 Å². The van der Waals surface area contributed by atoms with Crippen molar-refractivity contribution in [3.8, 4) is 18.1 Å². The van der Waals surface area contributed by atoms with Gasteiger partial charge in [-0.3, -0.25) is 28.8 Å². The van der Waals surface area contributed by atoms with E-state index < -0.39 is 78.2 Å². The van der Waals surface area contributed by atoms with Crippen LogP contribution in [0.3, 0.4) is 0 Å². The molecule has 0 saturated heterocycles. The Kier molecular flexibility index (Phi) is 20.3. The summed E-state index contributed by atoms with van der Waals surface area (Å²) in [5.41, 5.74) is 0.456. The molecule has 8 N–H and O–H groups in total. The van der Waals surface area contributed by atoms with Gasteiger partial charge in [0.1, 0.15) is 41.7 Å². The van der Waals surface area contributed by atoms with E-state index in [0.717, 1.165) is 26.1 Å². The Bertz CT molecular complexity index is 1810. The quantitative estimate of drug-likeness (QED) is 0.0501. The van der Waals surface area contributed by atoms with Crippen LogP contribution in [0.5, 0.6) is 5.75 Å². The number of hydrogen-bond acceptors (Lipinski definition) is 11. The van der Waals surface area contributed by atoms with Gasteiger partial charge in [-0.2, -0.15) is 0 Å². The summed E-state index contributed by atoms with van der Waals surface area (Å²) in [6.45, 7) is 11.4. The van der Waals surface area contributed by atoms with Crippen molar-refractivity contribution in [3.05, 3.63) is 46.3 Å². The third-order valence-corrected chi connectivity index (χ3v) is 10.9. The maximum absolute atomic E-state index is 14.1. The number of hydrogen-bond donors (Lipinski definition) is 8. The Morgan fingerprint density at radius 1 is 0.900 bits per heavy atom. The third kappa shape index (κ3) is 15.4. The Morgan fingerprint density at radius 3 is 2.15 bits per heavy atom. The standard InChI is InChI=1S/C42H61ClN8O9/c1-7-19-44-37(54)31(18-21-52)45-38(55)30(13-11-12-20-51(9-3)10-4)46-41(58)35(25(5)8-2)48-42(59)36(28-15-16-28)49-39(56)32(24-27-14-17-34(53)29(43)23-27)47-40(57)33-22-26(6)60-50-33/h1,14,17,22-23,25,28,30-32,35-36,52-53H,8-13,15-16,18-21,24H2,2-6H3,(H,44,54)(H,45,55)(H,46,58)(H,47,57)(H,48,59)(H,49,56)/t25-,30-,31-,32-,35+,36-/m0/s1. The number of aromatic nitrogens is 1. The molecule has 1 aliphatic rings. The summed E-state index contributed by atoms with van der Waals surface area (Å²) >= 11 is 6.13. The van der Waals surface area contributed by atoms with Crippen molar-refractivity contribution in [2.24, 2.45) is 11.8 Å². The number of aliphatic hydroxyl groups excluding tert-OH is 1. The van der Waals surface area contributed by atoms with Gasteiger partial charge in [-0.1, -0.05) is 62.9 Å². The molecular formula is C42H61ClN8O9. The van der Waals surface area contributed by atoms with Crippen molar-refractivity contribution < 1.29 is 43.5 Å². The Balaban J connectivity index is 1.83. The summed E-state index contributed by atoms with van der Waals surface area (Å²) in [7, 11) is 0. The molecule has 17 nitrogen and oxygen atoms in total. The van der Waals surface area contributed by atoms with Crippen LogP contribution in [0.25, 0.3) is 0 Å². The van der Waals surface area contributed by atoms with Gasteiger partial charge < -0.3 is 51.5 Å². The van der Waals surface area contributed by atoms with Crippen molar-refractivity contribution in [2.45, 2.75) is 116 Å². The molecule has 6 amide bonds. The van der Waals surface area contributed by atoms with Gasteiger partial charge in [0.2, 0.25) is 29.5 Å². The Labute approximate surface area is 356 Å². The summed E-state index contributed by atoms with van der Waals surface area (Å²) in [5, 5.41) is 39.6. The van der Waals surface area contributed by atoms with E-state index in [1.807, 2.05) is 6.92 Å². The van der Waals surface area contributed by atoms with Crippen LogP contribution in [0.4, 0.5) is 0 Å². The van der Waals surface area contributed by atoms with E-state index in [-0.39, 0.29) is 48.2 Å². The van der Waals surface area contributed by atoms with Gasteiger partial charge >= 0.3 is 0 Å². The molecule has 1 fully saturated rings. The Hall–Kier alpha value is -5.18. The maximum Gasteiger partial charge on any atom is 0.274 e. The number of aromatic hydroxyl groups is 1. The summed E-state index contributed by atoms with van der Waals surface area (Å²) < 4.78 is 5.03. The number of rotatable bonds is 26. The number of phenols is 1. The van der Waals surface area contributed by atoms with Gasteiger partial charge in [-0.25, -0.2) is 0 Å². The number of terminal acetylenes is 1. The predicted molar refractivity (Wildman–Crippen MR) is 224 cm³/mol. The van der Waals surface area contributed by atoms with E-state index in [0.29, 0.717) is 37.0 Å². The van der Waals surface area contributed by atoms with Crippen LogP contribution in [-0.4, -0.2) is 119 Å². The molecule has 0 aliphatic heterocycles. The maximum atomic E-state index is 14.1. The van der Waals surface area contributed by atoms with Gasteiger partial charge in [-0.05, 0) is 94.6 Å². The highest BCUT2D eigenvalue weighted by atomic mass is 35.5. The number of nitrogens with zero attached hydrogens (tertiary/aromatic N) is 2. The second-order valence-electron chi connectivity index (χ2n) is 15.1. The number of unbranched alkanes of at least 4 members (excludes halogenated alkanes) is 1. The molecule has 1 aromatic heterocycles. The number of nitrogens with one attached hydrogen (secondary N) is 6. The first-order valence-corrected chi connectivity index (χ1v) is 21.0. The van der Waals surface area contributed by atoms with E-state index in [1.54, 1.807) is 19.9 Å². The molecule has 0 unspecified atom stereocenters. The summed E-state index contributed by atoms with van der Waals surface area (Å²) in [6.07, 6.45) is 8.38. The largest absolute Gasteiger partial charge is 0.506 e. The smallest absolute Gasteiger partial charge is 0.274 e. The zero-order chi connectivity index (χ0) is 44.4. The van der Waals surface area contributed by atoms with Crippen LogP contribution >= 0.6 is 11.6 Å². The minimum absolute atomic E-state index is 0.0459. The minimum Gasteiger partial charge on any atom is -0.506 e. The number of carbonyl (C=O) groups is 6. The molecule has 3 rings (SSSR count). The molecule has 0 radical (unpaired) electrons. The molecule has 18 heteroatoms. The number of halogens is 1. The monoisotopic (exact) mass is 856 g/mol. The van der Waals surface area contributed by atoms with Crippen LogP contribution in [0.1, 0.15) is 94.5 Å². The number of aliphatic hydroxyl groups is 1.